The maximum Gasteiger partial charge on any atom is 0.253 e. The Bertz CT molecular complexity index is 727. The molecular weight excluding hydrogens is 288 g/mol. The van der Waals surface area contributed by atoms with Crippen LogP contribution in [0.1, 0.15) is 27.4 Å². The lowest BCUT2D eigenvalue weighted by Gasteiger charge is -2.33. The number of carbonyl (C=O) groups is 2. The predicted octanol–water partition coefficient (Wildman–Crippen LogP) is 2.51. The van der Waals surface area contributed by atoms with E-state index in [4.69, 9.17) is 0 Å². The van der Waals surface area contributed by atoms with Gasteiger partial charge in [0, 0.05) is 32.7 Å². The van der Waals surface area contributed by atoms with Gasteiger partial charge in [0.05, 0.1) is 5.92 Å². The second kappa shape index (κ2) is 6.24. The zero-order valence-corrected chi connectivity index (χ0v) is 13.4. The quantitative estimate of drug-likeness (QED) is 0.874. The number of amides is 2. The van der Waals surface area contributed by atoms with E-state index < -0.39 is 0 Å². The predicted molar refractivity (Wildman–Crippen MR) is 89.1 cm³/mol. The van der Waals surface area contributed by atoms with Crippen LogP contribution in [0, 0.1) is 0 Å². The molecule has 23 heavy (non-hydrogen) atoms. The van der Waals surface area contributed by atoms with Gasteiger partial charge in [-0.25, -0.2) is 0 Å². The largest absolute Gasteiger partial charge is 0.341 e. The third-order valence-electron chi connectivity index (χ3n) is 4.31. The molecule has 118 valence electrons. The third kappa shape index (κ3) is 2.97. The van der Waals surface area contributed by atoms with Crippen LogP contribution >= 0.6 is 0 Å². The summed E-state index contributed by atoms with van der Waals surface area (Å²) in [5.74, 6) is -0.279. The lowest BCUT2D eigenvalue weighted by atomic mass is 9.88. The highest BCUT2D eigenvalue weighted by atomic mass is 16.2. The van der Waals surface area contributed by atoms with Crippen molar-refractivity contribution >= 4 is 11.8 Å². The lowest BCUT2D eigenvalue weighted by molar-refractivity contribution is -0.132. The molecule has 1 heterocycles. The zero-order chi connectivity index (χ0) is 16.4. The van der Waals surface area contributed by atoms with E-state index in [1.54, 1.807) is 22.9 Å². The zero-order valence-electron chi connectivity index (χ0n) is 13.4. The van der Waals surface area contributed by atoms with E-state index in [9.17, 15) is 9.59 Å². The van der Waals surface area contributed by atoms with Crippen molar-refractivity contribution in [2.45, 2.75) is 12.5 Å². The van der Waals surface area contributed by atoms with E-state index in [1.165, 1.54) is 0 Å². The number of likely N-dealkylation sites (N-methyl/N-ethyl adjacent to an activating group) is 2. The first-order valence-electron chi connectivity index (χ1n) is 7.71. The number of benzene rings is 2. The van der Waals surface area contributed by atoms with Crippen LogP contribution in [0.15, 0.2) is 54.6 Å². The van der Waals surface area contributed by atoms with Gasteiger partial charge >= 0.3 is 0 Å². The molecule has 3 rings (SSSR count). The number of fused-ring (bicyclic) bond motifs is 1. The van der Waals surface area contributed by atoms with Gasteiger partial charge in [0.15, 0.2) is 0 Å². The highest BCUT2D eigenvalue weighted by Crippen LogP contribution is 2.29. The van der Waals surface area contributed by atoms with Crippen LogP contribution in [-0.2, 0) is 11.3 Å². The average molecular weight is 308 g/mol. The first-order valence-corrected chi connectivity index (χ1v) is 7.71. The van der Waals surface area contributed by atoms with Crippen LogP contribution in [0.5, 0.6) is 0 Å². The summed E-state index contributed by atoms with van der Waals surface area (Å²) in [6.45, 7) is 0.990. The molecule has 1 aliphatic rings. The SMILES string of the molecule is CN1CC(C(=O)N(C)Cc2ccccc2)c2ccccc2C1=O. The fourth-order valence-corrected chi connectivity index (χ4v) is 3.07. The molecule has 2 amide bonds. The minimum Gasteiger partial charge on any atom is -0.341 e. The normalized spacial score (nSPS) is 16.9. The smallest absolute Gasteiger partial charge is 0.253 e. The van der Waals surface area contributed by atoms with Gasteiger partial charge in [0.25, 0.3) is 5.91 Å². The van der Waals surface area contributed by atoms with Gasteiger partial charge in [-0.1, -0.05) is 48.5 Å². The van der Waals surface area contributed by atoms with Gasteiger partial charge in [0.2, 0.25) is 5.91 Å². The minimum absolute atomic E-state index is 0.0182. The van der Waals surface area contributed by atoms with Gasteiger partial charge in [-0.05, 0) is 17.2 Å². The monoisotopic (exact) mass is 308 g/mol. The molecule has 1 aliphatic heterocycles. The molecule has 0 radical (unpaired) electrons. The summed E-state index contributed by atoms with van der Waals surface area (Å²) >= 11 is 0. The van der Waals surface area contributed by atoms with E-state index >= 15 is 0 Å². The molecule has 0 saturated heterocycles. The molecule has 2 aromatic rings. The van der Waals surface area contributed by atoms with Crippen molar-refractivity contribution in [2.24, 2.45) is 0 Å². The average Bonchev–Trinajstić information content (AvgIpc) is 2.58. The molecule has 1 unspecified atom stereocenters. The molecule has 0 fully saturated rings. The summed E-state index contributed by atoms with van der Waals surface area (Å²) in [6, 6.07) is 17.3. The Morgan fingerprint density at radius 2 is 1.78 bits per heavy atom. The third-order valence-corrected chi connectivity index (χ3v) is 4.31. The first kappa shape index (κ1) is 15.3. The van der Waals surface area contributed by atoms with Gasteiger partial charge in [-0.15, -0.1) is 0 Å². The molecule has 2 aromatic carbocycles. The highest BCUT2D eigenvalue weighted by molar-refractivity contribution is 6.00. The minimum atomic E-state index is -0.303. The molecule has 0 bridgehead atoms. The summed E-state index contributed by atoms with van der Waals surface area (Å²) in [6.07, 6.45) is 0. The van der Waals surface area contributed by atoms with Crippen molar-refractivity contribution in [1.29, 1.82) is 0 Å². The second-order valence-electron chi connectivity index (χ2n) is 6.01. The summed E-state index contributed by atoms with van der Waals surface area (Å²) in [5.41, 5.74) is 2.56. The maximum atomic E-state index is 12.9. The van der Waals surface area contributed by atoms with E-state index in [0.717, 1.165) is 11.1 Å². The molecular formula is C19H20N2O2. The molecule has 4 heteroatoms. The van der Waals surface area contributed by atoms with E-state index in [0.29, 0.717) is 18.7 Å². The maximum absolute atomic E-state index is 12.9. The van der Waals surface area contributed by atoms with Crippen LogP contribution in [0.25, 0.3) is 0 Å². The summed E-state index contributed by atoms with van der Waals surface area (Å²) in [7, 11) is 3.56. The van der Waals surface area contributed by atoms with Crippen molar-refractivity contribution in [3.63, 3.8) is 0 Å². The number of hydrogen-bond donors (Lipinski definition) is 0. The Morgan fingerprint density at radius 1 is 1.13 bits per heavy atom. The molecule has 0 aliphatic carbocycles. The van der Waals surface area contributed by atoms with Gasteiger partial charge in [-0.2, -0.15) is 0 Å². The second-order valence-corrected chi connectivity index (χ2v) is 6.01. The van der Waals surface area contributed by atoms with Crippen molar-refractivity contribution < 1.29 is 9.59 Å². The van der Waals surface area contributed by atoms with Crippen molar-refractivity contribution in [3.8, 4) is 0 Å². The van der Waals surface area contributed by atoms with Crippen LogP contribution in [-0.4, -0.2) is 42.3 Å². The molecule has 0 saturated carbocycles. The van der Waals surface area contributed by atoms with Gasteiger partial charge < -0.3 is 9.80 Å². The fourth-order valence-electron chi connectivity index (χ4n) is 3.07. The molecule has 0 spiro atoms. The Labute approximate surface area is 136 Å². The van der Waals surface area contributed by atoms with E-state index in [1.807, 2.05) is 55.6 Å². The number of rotatable bonds is 3. The van der Waals surface area contributed by atoms with Crippen LogP contribution in [0.3, 0.4) is 0 Å². The van der Waals surface area contributed by atoms with E-state index in [2.05, 4.69) is 0 Å². The topological polar surface area (TPSA) is 40.6 Å². The molecule has 0 aromatic heterocycles. The van der Waals surface area contributed by atoms with Crippen molar-refractivity contribution in [2.75, 3.05) is 20.6 Å². The van der Waals surface area contributed by atoms with Crippen LogP contribution < -0.4 is 0 Å². The van der Waals surface area contributed by atoms with Crippen molar-refractivity contribution in [1.82, 2.24) is 9.80 Å². The number of hydrogen-bond acceptors (Lipinski definition) is 2. The highest BCUT2D eigenvalue weighted by Gasteiger charge is 2.34. The molecule has 4 nitrogen and oxygen atoms in total. The Morgan fingerprint density at radius 3 is 2.52 bits per heavy atom. The first-order chi connectivity index (χ1) is 11.1. The van der Waals surface area contributed by atoms with Gasteiger partial charge in [-0.3, -0.25) is 9.59 Å². The number of nitrogens with zero attached hydrogens (tertiary/aromatic N) is 2. The van der Waals surface area contributed by atoms with Crippen molar-refractivity contribution in [3.05, 3.63) is 71.3 Å². The Balaban J connectivity index is 1.84. The van der Waals surface area contributed by atoms with Crippen LogP contribution in [0.4, 0.5) is 0 Å². The summed E-state index contributed by atoms with van der Waals surface area (Å²) in [5, 5.41) is 0. The summed E-state index contributed by atoms with van der Waals surface area (Å²) < 4.78 is 0. The Hall–Kier alpha value is -2.62. The molecule has 0 N–H and O–H groups in total. The van der Waals surface area contributed by atoms with Gasteiger partial charge in [0.1, 0.15) is 0 Å². The number of carbonyl (C=O) groups excluding carboxylic acids is 2. The lowest BCUT2D eigenvalue weighted by Crippen LogP contribution is -2.43. The van der Waals surface area contributed by atoms with E-state index in [-0.39, 0.29) is 17.7 Å². The molecule has 1 atom stereocenters. The standard InChI is InChI=1S/C19H20N2O2/c1-20(12-14-8-4-3-5-9-14)19(23)17-13-21(2)18(22)16-11-7-6-10-15(16)17/h3-11,17H,12-13H2,1-2H3. The summed E-state index contributed by atoms with van der Waals surface area (Å²) in [4.78, 5) is 28.5. The fraction of sp³-hybridized carbons (Fsp3) is 0.263. The Kier molecular flexibility index (Phi) is 4.15. The van der Waals surface area contributed by atoms with Crippen LogP contribution in [0.2, 0.25) is 0 Å².